The normalized spacial score (nSPS) is 23.6. The van der Waals surface area contributed by atoms with Crippen LogP contribution in [0.1, 0.15) is 31.2 Å². The molecule has 4 heteroatoms. The van der Waals surface area contributed by atoms with E-state index in [9.17, 15) is 9.90 Å². The van der Waals surface area contributed by atoms with Crippen LogP contribution in [0.5, 0.6) is 0 Å². The number of nitrogens with two attached hydrogens (primary N) is 1. The Hall–Kier alpha value is -1.55. The fraction of sp³-hybridized carbons (Fsp3) is 0.500. The van der Waals surface area contributed by atoms with Gasteiger partial charge in [-0.3, -0.25) is 0 Å². The Kier molecular flexibility index (Phi) is 4.20. The van der Waals surface area contributed by atoms with Crippen molar-refractivity contribution in [1.82, 2.24) is 4.90 Å². The van der Waals surface area contributed by atoms with Crippen molar-refractivity contribution in [3.63, 3.8) is 0 Å². The van der Waals surface area contributed by atoms with Crippen molar-refractivity contribution in [2.24, 2.45) is 5.73 Å². The van der Waals surface area contributed by atoms with Crippen molar-refractivity contribution in [2.75, 3.05) is 0 Å². The summed E-state index contributed by atoms with van der Waals surface area (Å²) in [6.07, 6.45) is 2.76. The minimum absolute atomic E-state index is 0.113. The summed E-state index contributed by atoms with van der Waals surface area (Å²) in [5.41, 5.74) is 6.90. The summed E-state index contributed by atoms with van der Waals surface area (Å²) in [5.74, 6) is 0. The summed E-state index contributed by atoms with van der Waals surface area (Å²) in [7, 11) is 0. The molecule has 0 aliphatic heterocycles. The Balaban J connectivity index is 2.02. The summed E-state index contributed by atoms with van der Waals surface area (Å²) in [6, 6.07) is 10.1. The van der Waals surface area contributed by atoms with Gasteiger partial charge in [-0.25, -0.2) is 4.79 Å². The summed E-state index contributed by atoms with van der Waals surface area (Å²) in [4.78, 5) is 12.9. The van der Waals surface area contributed by atoms with Crippen LogP contribution in [0.3, 0.4) is 0 Å². The molecule has 4 nitrogen and oxygen atoms in total. The summed E-state index contributed by atoms with van der Waals surface area (Å²) >= 11 is 0. The van der Waals surface area contributed by atoms with E-state index in [0.717, 1.165) is 31.2 Å². The van der Waals surface area contributed by atoms with Crippen LogP contribution in [0, 0.1) is 0 Å². The van der Waals surface area contributed by atoms with Crippen LogP contribution in [-0.2, 0) is 6.54 Å². The predicted octanol–water partition coefficient (Wildman–Crippen LogP) is 2.44. The Morgan fingerprint density at radius 3 is 2.39 bits per heavy atom. The van der Waals surface area contributed by atoms with E-state index < -0.39 is 6.09 Å². The van der Waals surface area contributed by atoms with E-state index in [4.69, 9.17) is 5.73 Å². The highest BCUT2D eigenvalue weighted by molar-refractivity contribution is 5.65. The second-order valence-electron chi connectivity index (χ2n) is 4.96. The maximum absolute atomic E-state index is 11.4. The monoisotopic (exact) mass is 248 g/mol. The molecule has 1 aliphatic rings. The van der Waals surface area contributed by atoms with Crippen LogP contribution in [0.4, 0.5) is 4.79 Å². The van der Waals surface area contributed by atoms with Gasteiger partial charge in [-0.15, -0.1) is 0 Å². The molecule has 3 N–H and O–H groups in total. The molecule has 1 aliphatic carbocycles. The molecule has 0 atom stereocenters. The summed E-state index contributed by atoms with van der Waals surface area (Å²) in [5, 5.41) is 9.35. The number of carbonyl (C=O) groups is 1. The van der Waals surface area contributed by atoms with Gasteiger partial charge >= 0.3 is 6.09 Å². The quantitative estimate of drug-likeness (QED) is 0.863. The van der Waals surface area contributed by atoms with Crippen LogP contribution in [0.2, 0.25) is 0 Å². The SMILES string of the molecule is N[C@H]1CC[C@H](N(Cc2ccccc2)C(=O)O)CC1. The van der Waals surface area contributed by atoms with E-state index in [2.05, 4.69) is 0 Å². The zero-order valence-electron chi connectivity index (χ0n) is 10.5. The predicted molar refractivity (Wildman–Crippen MR) is 70.2 cm³/mol. The summed E-state index contributed by atoms with van der Waals surface area (Å²) < 4.78 is 0. The first-order chi connectivity index (χ1) is 8.66. The van der Waals surface area contributed by atoms with Gasteiger partial charge in [0, 0.05) is 18.6 Å². The Morgan fingerprint density at radius 2 is 1.83 bits per heavy atom. The molecule has 1 aromatic carbocycles. The van der Waals surface area contributed by atoms with E-state index in [1.807, 2.05) is 30.3 Å². The van der Waals surface area contributed by atoms with Gasteiger partial charge in [0.25, 0.3) is 0 Å². The van der Waals surface area contributed by atoms with Crippen LogP contribution in [0.15, 0.2) is 30.3 Å². The highest BCUT2D eigenvalue weighted by atomic mass is 16.4. The second-order valence-corrected chi connectivity index (χ2v) is 4.96. The van der Waals surface area contributed by atoms with Crippen molar-refractivity contribution in [3.05, 3.63) is 35.9 Å². The number of benzene rings is 1. The fourth-order valence-corrected chi connectivity index (χ4v) is 2.55. The average molecular weight is 248 g/mol. The minimum Gasteiger partial charge on any atom is -0.465 e. The van der Waals surface area contributed by atoms with E-state index >= 15 is 0 Å². The maximum Gasteiger partial charge on any atom is 0.407 e. The lowest BCUT2D eigenvalue weighted by Crippen LogP contribution is -2.43. The van der Waals surface area contributed by atoms with Gasteiger partial charge in [0.05, 0.1) is 0 Å². The van der Waals surface area contributed by atoms with E-state index in [0.29, 0.717) is 6.54 Å². The van der Waals surface area contributed by atoms with Crippen LogP contribution in [-0.4, -0.2) is 28.2 Å². The third kappa shape index (κ3) is 3.23. The number of hydrogen-bond donors (Lipinski definition) is 2. The van der Waals surface area contributed by atoms with Crippen molar-refractivity contribution in [1.29, 1.82) is 0 Å². The zero-order valence-corrected chi connectivity index (χ0v) is 10.5. The molecule has 1 aromatic rings. The molecule has 1 saturated carbocycles. The van der Waals surface area contributed by atoms with Crippen molar-refractivity contribution < 1.29 is 9.90 Å². The zero-order chi connectivity index (χ0) is 13.0. The van der Waals surface area contributed by atoms with E-state index in [1.165, 1.54) is 0 Å². The van der Waals surface area contributed by atoms with Gasteiger partial charge in [-0.1, -0.05) is 30.3 Å². The van der Waals surface area contributed by atoms with Gasteiger partial charge in [-0.05, 0) is 31.2 Å². The Labute approximate surface area is 107 Å². The van der Waals surface area contributed by atoms with Crippen molar-refractivity contribution in [2.45, 2.75) is 44.3 Å². The molecule has 0 spiro atoms. The van der Waals surface area contributed by atoms with Gasteiger partial charge < -0.3 is 15.7 Å². The molecular weight excluding hydrogens is 228 g/mol. The topological polar surface area (TPSA) is 66.6 Å². The van der Waals surface area contributed by atoms with Crippen LogP contribution in [0.25, 0.3) is 0 Å². The lowest BCUT2D eigenvalue weighted by Gasteiger charge is -2.34. The first-order valence-electron chi connectivity index (χ1n) is 6.46. The fourth-order valence-electron chi connectivity index (χ4n) is 2.55. The van der Waals surface area contributed by atoms with Crippen molar-refractivity contribution in [3.8, 4) is 0 Å². The number of hydrogen-bond acceptors (Lipinski definition) is 2. The minimum atomic E-state index is -0.834. The summed E-state index contributed by atoms with van der Waals surface area (Å²) in [6.45, 7) is 0.468. The molecule has 0 unspecified atom stereocenters. The molecule has 98 valence electrons. The molecule has 2 rings (SSSR count). The molecule has 1 amide bonds. The van der Waals surface area contributed by atoms with Gasteiger partial charge in [0.2, 0.25) is 0 Å². The Morgan fingerprint density at radius 1 is 1.22 bits per heavy atom. The molecule has 1 fully saturated rings. The molecule has 0 aromatic heterocycles. The van der Waals surface area contributed by atoms with Crippen LogP contribution < -0.4 is 5.73 Å². The third-order valence-corrected chi connectivity index (χ3v) is 3.62. The smallest absolute Gasteiger partial charge is 0.407 e. The first-order valence-corrected chi connectivity index (χ1v) is 6.46. The van der Waals surface area contributed by atoms with Gasteiger partial charge in [0.15, 0.2) is 0 Å². The number of nitrogens with zero attached hydrogens (tertiary/aromatic N) is 1. The Bertz CT molecular complexity index is 386. The van der Waals surface area contributed by atoms with Crippen LogP contribution >= 0.6 is 0 Å². The lowest BCUT2D eigenvalue weighted by molar-refractivity contribution is 0.104. The van der Waals surface area contributed by atoms with Crippen molar-refractivity contribution >= 4 is 6.09 Å². The van der Waals surface area contributed by atoms with E-state index in [-0.39, 0.29) is 12.1 Å². The molecular formula is C14H20N2O2. The average Bonchev–Trinajstić information content (AvgIpc) is 2.38. The molecule has 0 saturated heterocycles. The number of carboxylic acid groups (broad SMARTS) is 1. The molecule has 0 heterocycles. The third-order valence-electron chi connectivity index (χ3n) is 3.62. The highest BCUT2D eigenvalue weighted by Gasteiger charge is 2.27. The standard InChI is InChI=1S/C14H20N2O2/c15-12-6-8-13(9-7-12)16(14(17)18)10-11-4-2-1-3-5-11/h1-5,12-13H,6-10,15H2,(H,17,18)/t12-,13-. The lowest BCUT2D eigenvalue weighted by atomic mass is 9.90. The first kappa shape index (κ1) is 12.9. The number of rotatable bonds is 3. The van der Waals surface area contributed by atoms with E-state index in [1.54, 1.807) is 4.90 Å². The highest BCUT2D eigenvalue weighted by Crippen LogP contribution is 2.23. The molecule has 0 bridgehead atoms. The van der Waals surface area contributed by atoms with Gasteiger partial charge in [-0.2, -0.15) is 0 Å². The molecule has 0 radical (unpaired) electrons. The maximum atomic E-state index is 11.4. The largest absolute Gasteiger partial charge is 0.465 e. The molecule has 18 heavy (non-hydrogen) atoms. The number of amides is 1. The van der Waals surface area contributed by atoms with Gasteiger partial charge in [0.1, 0.15) is 0 Å². The second kappa shape index (κ2) is 5.87.